The average Bonchev–Trinajstić information content (AvgIpc) is 2.65. The smallest absolute Gasteiger partial charge is 0.161 e. The van der Waals surface area contributed by atoms with Crippen molar-refractivity contribution in [2.24, 2.45) is 0 Å². The van der Waals surface area contributed by atoms with Crippen molar-refractivity contribution in [2.75, 3.05) is 6.61 Å². The lowest BCUT2D eigenvalue weighted by molar-refractivity contribution is -0.114. The van der Waals surface area contributed by atoms with Crippen LogP contribution in [0.5, 0.6) is 11.5 Å². The lowest BCUT2D eigenvalue weighted by atomic mass is 10.1. The number of unbranched alkanes of at least 4 members (excludes halogenated alkanes) is 6. The van der Waals surface area contributed by atoms with Gasteiger partial charge in [-0.25, -0.2) is 0 Å². The fourth-order valence-electron chi connectivity index (χ4n) is 2.69. The van der Waals surface area contributed by atoms with E-state index in [2.05, 4.69) is 6.92 Å². The van der Waals surface area contributed by atoms with E-state index in [-0.39, 0.29) is 17.3 Å². The van der Waals surface area contributed by atoms with Gasteiger partial charge in [-0.1, -0.05) is 64.5 Å². The van der Waals surface area contributed by atoms with E-state index in [9.17, 15) is 15.0 Å². The second-order valence-corrected chi connectivity index (χ2v) is 6.82. The Hall–Kier alpha value is -2.23. The number of aliphatic hydroxyl groups is 1. The van der Waals surface area contributed by atoms with Crippen LogP contribution in [-0.2, 0) is 4.79 Å². The maximum Gasteiger partial charge on any atom is 0.161 e. The highest BCUT2D eigenvalue weighted by Crippen LogP contribution is 2.27. The van der Waals surface area contributed by atoms with E-state index in [0.717, 1.165) is 24.8 Å². The largest absolute Gasteiger partial charge is 0.508 e. The number of aliphatic hydroxyl groups excluding tert-OH is 1. The number of rotatable bonds is 14. The van der Waals surface area contributed by atoms with Crippen molar-refractivity contribution in [2.45, 2.75) is 71.6 Å². The van der Waals surface area contributed by atoms with E-state index in [1.54, 1.807) is 24.3 Å². The van der Waals surface area contributed by atoms with Gasteiger partial charge in [-0.2, -0.15) is 0 Å². The van der Waals surface area contributed by atoms with Gasteiger partial charge in [0.05, 0.1) is 6.61 Å². The predicted molar refractivity (Wildman–Crippen MR) is 111 cm³/mol. The van der Waals surface area contributed by atoms with E-state index >= 15 is 0 Å². The molecule has 0 bridgehead atoms. The Morgan fingerprint density at radius 1 is 1.04 bits per heavy atom. The maximum absolute atomic E-state index is 11.9. The van der Waals surface area contributed by atoms with Crippen LogP contribution in [0.1, 0.15) is 77.2 Å². The Balaban J connectivity index is 2.42. The summed E-state index contributed by atoms with van der Waals surface area (Å²) in [5.41, 5.74) is 0.776. The van der Waals surface area contributed by atoms with Gasteiger partial charge in [0.15, 0.2) is 17.3 Å². The van der Waals surface area contributed by atoms with Crippen LogP contribution in [0.15, 0.2) is 36.1 Å². The van der Waals surface area contributed by atoms with Crippen LogP contribution in [0.3, 0.4) is 0 Å². The molecule has 1 aromatic carbocycles. The topological polar surface area (TPSA) is 66.8 Å². The number of ether oxygens (including phenoxy) is 1. The second kappa shape index (κ2) is 13.9. The number of carbonyl (C=O) groups excluding carboxylic acids is 1. The molecule has 1 rings (SSSR count). The van der Waals surface area contributed by atoms with Crippen molar-refractivity contribution in [3.63, 3.8) is 0 Å². The zero-order valence-electron chi connectivity index (χ0n) is 16.7. The van der Waals surface area contributed by atoms with Crippen molar-refractivity contribution in [3.8, 4) is 11.5 Å². The van der Waals surface area contributed by atoms with Gasteiger partial charge >= 0.3 is 0 Å². The molecule has 0 saturated carbocycles. The van der Waals surface area contributed by atoms with Crippen LogP contribution in [0, 0.1) is 0 Å². The van der Waals surface area contributed by atoms with Gasteiger partial charge in [0.25, 0.3) is 0 Å². The predicted octanol–water partition coefficient (Wildman–Crippen LogP) is 6.35. The summed E-state index contributed by atoms with van der Waals surface area (Å²) in [7, 11) is 0. The fraction of sp³-hybridized carbons (Fsp3) is 0.522. The molecule has 0 aliphatic carbocycles. The molecular formula is C23H34O4. The number of hydrogen-bond donors (Lipinski definition) is 2. The van der Waals surface area contributed by atoms with Gasteiger partial charge in [-0.15, -0.1) is 0 Å². The Bertz CT molecular complexity index is 617. The lowest BCUT2D eigenvalue weighted by Gasteiger charge is -2.07. The van der Waals surface area contributed by atoms with E-state index in [1.165, 1.54) is 44.3 Å². The van der Waals surface area contributed by atoms with Crippen LogP contribution in [-0.4, -0.2) is 22.6 Å². The molecular weight excluding hydrogens is 340 g/mol. The average molecular weight is 375 g/mol. The molecule has 0 amide bonds. The molecule has 2 N–H and O–H groups in total. The molecule has 0 heterocycles. The molecule has 0 aliphatic heterocycles. The van der Waals surface area contributed by atoms with Crippen LogP contribution >= 0.6 is 0 Å². The number of hydrogen-bond acceptors (Lipinski definition) is 4. The van der Waals surface area contributed by atoms with Crippen molar-refractivity contribution < 1.29 is 19.7 Å². The highest BCUT2D eigenvalue weighted by molar-refractivity contribution is 5.90. The summed E-state index contributed by atoms with van der Waals surface area (Å²) in [5, 5.41) is 19.7. The number of phenols is 1. The molecule has 0 unspecified atom stereocenters. The molecule has 0 radical (unpaired) electrons. The van der Waals surface area contributed by atoms with Crippen molar-refractivity contribution >= 4 is 11.9 Å². The lowest BCUT2D eigenvalue weighted by Crippen LogP contribution is -1.95. The highest BCUT2D eigenvalue weighted by atomic mass is 16.5. The molecule has 4 nitrogen and oxygen atoms in total. The van der Waals surface area contributed by atoms with Gasteiger partial charge in [-0.3, -0.25) is 4.79 Å². The van der Waals surface area contributed by atoms with Gasteiger partial charge in [-0.05, 0) is 36.6 Å². The molecule has 0 aliphatic rings. The fourth-order valence-corrected chi connectivity index (χ4v) is 2.69. The minimum absolute atomic E-state index is 0.0524. The van der Waals surface area contributed by atoms with E-state index in [0.29, 0.717) is 18.8 Å². The number of carbonyl (C=O) groups is 1. The number of phenolic OH excluding ortho intramolecular Hbond substituents is 1. The molecule has 0 fully saturated rings. The third-order valence-electron chi connectivity index (χ3n) is 4.23. The number of benzene rings is 1. The first-order valence-corrected chi connectivity index (χ1v) is 10.1. The summed E-state index contributed by atoms with van der Waals surface area (Å²) in [5.74, 6) is 0.387. The summed E-state index contributed by atoms with van der Waals surface area (Å²) in [6.45, 7) is 4.72. The minimum Gasteiger partial charge on any atom is -0.508 e. The normalized spacial score (nSPS) is 11.9. The van der Waals surface area contributed by atoms with Gasteiger partial charge in [0, 0.05) is 12.5 Å². The first kappa shape index (κ1) is 22.8. The quantitative estimate of drug-likeness (QED) is 0.172. The van der Waals surface area contributed by atoms with Gasteiger partial charge < -0.3 is 14.9 Å². The Morgan fingerprint density at radius 3 is 2.44 bits per heavy atom. The zero-order chi connectivity index (χ0) is 19.9. The van der Waals surface area contributed by atoms with Crippen molar-refractivity contribution in [3.05, 3.63) is 41.7 Å². The molecule has 0 spiro atoms. The minimum atomic E-state index is -0.0629. The van der Waals surface area contributed by atoms with Crippen LogP contribution < -0.4 is 4.74 Å². The molecule has 150 valence electrons. The SMILES string of the molecule is CCCCCCCCCC(=O)C=C(O)C=Cc1ccc(O)c(OCCC)c1. The number of ketones is 1. The van der Waals surface area contributed by atoms with Crippen LogP contribution in [0.25, 0.3) is 6.08 Å². The molecule has 0 saturated heterocycles. The van der Waals surface area contributed by atoms with E-state index in [4.69, 9.17) is 4.74 Å². The number of aromatic hydroxyl groups is 1. The van der Waals surface area contributed by atoms with E-state index < -0.39 is 0 Å². The van der Waals surface area contributed by atoms with Crippen LogP contribution in [0.2, 0.25) is 0 Å². The van der Waals surface area contributed by atoms with E-state index in [1.807, 2.05) is 6.92 Å². The first-order chi connectivity index (χ1) is 13.1. The Kier molecular flexibility index (Phi) is 11.7. The van der Waals surface area contributed by atoms with Gasteiger partial charge in [0.1, 0.15) is 5.76 Å². The summed E-state index contributed by atoms with van der Waals surface area (Å²) in [6.07, 6.45) is 13.9. The van der Waals surface area contributed by atoms with Crippen LogP contribution in [0.4, 0.5) is 0 Å². The third kappa shape index (κ3) is 10.5. The Morgan fingerprint density at radius 2 is 1.74 bits per heavy atom. The first-order valence-electron chi connectivity index (χ1n) is 10.1. The van der Waals surface area contributed by atoms with Crippen molar-refractivity contribution in [1.29, 1.82) is 0 Å². The van der Waals surface area contributed by atoms with Gasteiger partial charge in [0.2, 0.25) is 0 Å². The van der Waals surface area contributed by atoms with Crippen molar-refractivity contribution in [1.82, 2.24) is 0 Å². The molecule has 0 atom stereocenters. The molecule has 1 aromatic rings. The highest BCUT2D eigenvalue weighted by Gasteiger charge is 2.03. The summed E-state index contributed by atoms with van der Waals surface area (Å²) < 4.78 is 5.47. The third-order valence-corrected chi connectivity index (χ3v) is 4.23. The maximum atomic E-state index is 11.9. The molecule has 0 aromatic heterocycles. The standard InChI is InChI=1S/C23H34O4/c1-3-5-6-7-8-9-10-11-20(24)18-21(25)14-12-19-13-15-22(26)23(17-19)27-16-4-2/h12-15,17-18,25-26H,3-11,16H2,1-2H3. The summed E-state index contributed by atoms with van der Waals surface area (Å²) >= 11 is 0. The second-order valence-electron chi connectivity index (χ2n) is 6.82. The summed E-state index contributed by atoms with van der Waals surface area (Å²) in [6, 6.07) is 4.98. The Labute approximate surface area is 163 Å². The number of allylic oxidation sites excluding steroid dienone is 2. The monoisotopic (exact) mass is 374 g/mol. The zero-order valence-corrected chi connectivity index (χ0v) is 16.7. The molecule has 4 heteroatoms. The summed E-state index contributed by atoms with van der Waals surface area (Å²) in [4.78, 5) is 11.9. The molecule has 27 heavy (non-hydrogen) atoms.